The summed E-state index contributed by atoms with van der Waals surface area (Å²) < 4.78 is 12.1. The second kappa shape index (κ2) is 6.79. The zero-order valence-corrected chi connectivity index (χ0v) is 14.3. The maximum Gasteiger partial charge on any atom is 0.251 e. The van der Waals surface area contributed by atoms with Crippen molar-refractivity contribution >= 4 is 21.8 Å². The highest BCUT2D eigenvalue weighted by Gasteiger charge is 2.18. The highest BCUT2D eigenvalue weighted by molar-refractivity contribution is 9.10. The van der Waals surface area contributed by atoms with E-state index in [9.17, 15) is 4.79 Å². The molecular weight excluding hydrogens is 334 g/mol. The van der Waals surface area contributed by atoms with Crippen LogP contribution in [0.4, 0.5) is 0 Å². The normalized spacial score (nSPS) is 18.6. The number of hydrogen-bond donors (Lipinski definition) is 1. The van der Waals surface area contributed by atoms with E-state index >= 15 is 0 Å². The van der Waals surface area contributed by atoms with Gasteiger partial charge in [-0.3, -0.25) is 4.79 Å². The summed E-state index contributed by atoms with van der Waals surface area (Å²) in [5.74, 6) is 0.645. The van der Waals surface area contributed by atoms with Crippen LogP contribution in [0.3, 0.4) is 0 Å². The summed E-state index contributed by atoms with van der Waals surface area (Å²) in [7, 11) is 0. The fourth-order valence-electron chi connectivity index (χ4n) is 2.13. The van der Waals surface area contributed by atoms with Gasteiger partial charge in [0, 0.05) is 17.7 Å². The zero-order chi connectivity index (χ0) is 15.5. The Morgan fingerprint density at radius 1 is 1.48 bits per heavy atom. The van der Waals surface area contributed by atoms with Crippen LogP contribution in [0.5, 0.6) is 5.75 Å². The van der Waals surface area contributed by atoms with E-state index in [1.54, 1.807) is 12.1 Å². The Hall–Kier alpha value is -1.07. The first-order chi connectivity index (χ1) is 9.85. The Labute approximate surface area is 134 Å². The minimum absolute atomic E-state index is 0.0890. The van der Waals surface area contributed by atoms with Crippen LogP contribution in [0.2, 0.25) is 0 Å². The third-order valence-electron chi connectivity index (χ3n) is 3.13. The molecule has 0 aromatic heterocycles. The second-order valence-electron chi connectivity index (χ2n) is 6.30. The van der Waals surface area contributed by atoms with E-state index in [4.69, 9.17) is 9.47 Å². The Bertz CT molecular complexity index is 505. The molecule has 116 valence electrons. The van der Waals surface area contributed by atoms with Gasteiger partial charge in [0.25, 0.3) is 5.91 Å². The quantitative estimate of drug-likeness (QED) is 0.898. The smallest absolute Gasteiger partial charge is 0.251 e. The summed E-state index contributed by atoms with van der Waals surface area (Å²) in [6.07, 6.45) is 2.32. The molecule has 1 aromatic rings. The largest absolute Gasteiger partial charge is 0.490 e. The van der Waals surface area contributed by atoms with Crippen LogP contribution < -0.4 is 10.1 Å². The summed E-state index contributed by atoms with van der Waals surface area (Å²) in [5.41, 5.74) is 0.361. The molecule has 1 unspecified atom stereocenters. The summed E-state index contributed by atoms with van der Waals surface area (Å²) in [4.78, 5) is 12.1. The van der Waals surface area contributed by atoms with Crippen LogP contribution in [0, 0.1) is 0 Å². The zero-order valence-electron chi connectivity index (χ0n) is 12.7. The molecule has 1 aliphatic rings. The number of amides is 1. The van der Waals surface area contributed by atoms with Crippen molar-refractivity contribution in [2.45, 2.75) is 45.3 Å². The first-order valence-electron chi connectivity index (χ1n) is 7.21. The predicted octanol–water partition coefficient (Wildman–Crippen LogP) is 3.54. The lowest BCUT2D eigenvalue weighted by molar-refractivity contribution is 0.0676. The summed E-state index contributed by atoms with van der Waals surface area (Å²) in [6.45, 7) is 7.24. The molecule has 21 heavy (non-hydrogen) atoms. The van der Waals surface area contributed by atoms with Crippen molar-refractivity contribution in [3.63, 3.8) is 0 Å². The molecule has 1 heterocycles. The Morgan fingerprint density at radius 2 is 2.24 bits per heavy atom. The first-order valence-corrected chi connectivity index (χ1v) is 8.01. The summed E-state index contributed by atoms with van der Waals surface area (Å²) >= 11 is 3.46. The van der Waals surface area contributed by atoms with Crippen molar-refractivity contribution in [3.05, 3.63) is 28.2 Å². The third-order valence-corrected chi connectivity index (χ3v) is 3.75. The molecule has 0 saturated carbocycles. The van der Waals surface area contributed by atoms with Crippen LogP contribution >= 0.6 is 15.9 Å². The maximum atomic E-state index is 12.1. The molecule has 1 saturated heterocycles. The predicted molar refractivity (Wildman–Crippen MR) is 85.8 cm³/mol. The van der Waals surface area contributed by atoms with Crippen molar-refractivity contribution < 1.29 is 14.3 Å². The Balaban J connectivity index is 1.98. The molecule has 1 atom stereocenters. The lowest BCUT2D eigenvalue weighted by atomic mass is 10.1. The Morgan fingerprint density at radius 3 is 2.81 bits per heavy atom. The minimum atomic E-state index is -0.251. The van der Waals surface area contributed by atoms with Crippen LogP contribution in [-0.2, 0) is 4.74 Å². The molecule has 0 spiro atoms. The molecule has 5 heteroatoms. The van der Waals surface area contributed by atoms with E-state index in [1.165, 1.54) is 0 Å². The van der Waals surface area contributed by atoms with Gasteiger partial charge in [0.05, 0.1) is 10.6 Å². The number of carbonyl (C=O) groups excluding carboxylic acids is 1. The molecule has 1 fully saturated rings. The van der Waals surface area contributed by atoms with E-state index < -0.39 is 0 Å². The van der Waals surface area contributed by atoms with Gasteiger partial charge >= 0.3 is 0 Å². The molecule has 0 radical (unpaired) electrons. The molecule has 1 aliphatic heterocycles. The molecule has 4 nitrogen and oxygen atoms in total. The monoisotopic (exact) mass is 355 g/mol. The van der Waals surface area contributed by atoms with Crippen LogP contribution in [0.15, 0.2) is 22.7 Å². The topological polar surface area (TPSA) is 47.6 Å². The number of carbonyl (C=O) groups is 1. The van der Waals surface area contributed by atoms with E-state index in [0.29, 0.717) is 12.2 Å². The molecule has 0 bridgehead atoms. The summed E-state index contributed by atoms with van der Waals surface area (Å²) in [6, 6.07) is 5.37. The minimum Gasteiger partial charge on any atom is -0.490 e. The van der Waals surface area contributed by atoms with E-state index in [2.05, 4.69) is 21.2 Å². The fraction of sp³-hybridized carbons (Fsp3) is 0.562. The van der Waals surface area contributed by atoms with Crippen molar-refractivity contribution in [2.75, 3.05) is 13.2 Å². The number of rotatable bonds is 4. The van der Waals surface area contributed by atoms with Gasteiger partial charge in [-0.15, -0.1) is 0 Å². The molecule has 0 aliphatic carbocycles. The van der Waals surface area contributed by atoms with Crippen molar-refractivity contribution in [1.82, 2.24) is 5.32 Å². The fourth-order valence-corrected chi connectivity index (χ4v) is 2.62. The van der Waals surface area contributed by atoms with Gasteiger partial charge in [-0.1, -0.05) is 0 Å². The van der Waals surface area contributed by atoms with Crippen LogP contribution in [0.25, 0.3) is 0 Å². The van der Waals surface area contributed by atoms with E-state index in [1.807, 2.05) is 26.8 Å². The highest BCUT2D eigenvalue weighted by atomic mass is 79.9. The molecule has 2 rings (SSSR count). The number of benzene rings is 1. The SMILES string of the molecule is CC(C)(C)NC(=O)c1ccc(OCC2CCCO2)c(Br)c1. The van der Waals surface area contributed by atoms with Gasteiger partial charge in [0.2, 0.25) is 0 Å². The number of halogens is 1. The van der Waals surface area contributed by atoms with Gasteiger partial charge in [-0.05, 0) is 67.7 Å². The van der Waals surface area contributed by atoms with E-state index in [-0.39, 0.29) is 17.6 Å². The van der Waals surface area contributed by atoms with Gasteiger partial charge in [0.15, 0.2) is 0 Å². The second-order valence-corrected chi connectivity index (χ2v) is 7.15. The number of nitrogens with one attached hydrogen (secondary N) is 1. The molecule has 1 aromatic carbocycles. The van der Waals surface area contributed by atoms with Gasteiger partial charge in [-0.2, -0.15) is 0 Å². The molecule has 1 amide bonds. The van der Waals surface area contributed by atoms with Gasteiger partial charge in [0.1, 0.15) is 12.4 Å². The number of ether oxygens (including phenoxy) is 2. The van der Waals surface area contributed by atoms with Crippen molar-refractivity contribution in [2.24, 2.45) is 0 Å². The molecular formula is C16H22BrNO3. The average molecular weight is 356 g/mol. The lowest BCUT2D eigenvalue weighted by Gasteiger charge is -2.20. The van der Waals surface area contributed by atoms with Crippen molar-refractivity contribution in [3.8, 4) is 5.75 Å². The van der Waals surface area contributed by atoms with Gasteiger partial charge in [-0.25, -0.2) is 0 Å². The van der Waals surface area contributed by atoms with Crippen LogP contribution in [-0.4, -0.2) is 30.8 Å². The first kappa shape index (κ1) is 16.3. The molecule has 1 N–H and O–H groups in total. The lowest BCUT2D eigenvalue weighted by Crippen LogP contribution is -2.40. The number of hydrogen-bond acceptors (Lipinski definition) is 3. The standard InChI is InChI=1S/C16H22BrNO3/c1-16(2,3)18-15(19)11-6-7-14(13(17)9-11)21-10-12-5-4-8-20-12/h6-7,9,12H,4-5,8,10H2,1-3H3,(H,18,19). The summed E-state index contributed by atoms with van der Waals surface area (Å²) in [5, 5.41) is 2.94. The third kappa shape index (κ3) is 5.00. The van der Waals surface area contributed by atoms with E-state index in [0.717, 1.165) is 29.7 Å². The maximum absolute atomic E-state index is 12.1. The van der Waals surface area contributed by atoms with Crippen molar-refractivity contribution in [1.29, 1.82) is 0 Å². The highest BCUT2D eigenvalue weighted by Crippen LogP contribution is 2.27. The average Bonchev–Trinajstić information content (AvgIpc) is 2.88. The van der Waals surface area contributed by atoms with Gasteiger partial charge < -0.3 is 14.8 Å². The Kier molecular flexibility index (Phi) is 5.27. The van der Waals surface area contributed by atoms with Crippen LogP contribution in [0.1, 0.15) is 44.0 Å².